The Balaban J connectivity index is 1.69. The van der Waals surface area contributed by atoms with Gasteiger partial charge in [-0.05, 0) is 19.1 Å². The van der Waals surface area contributed by atoms with Crippen molar-refractivity contribution in [3.63, 3.8) is 0 Å². The van der Waals surface area contributed by atoms with Gasteiger partial charge >= 0.3 is 0 Å². The molecule has 2 heterocycles. The Morgan fingerprint density at radius 3 is 2.88 bits per heavy atom. The number of rotatable bonds is 5. The van der Waals surface area contributed by atoms with E-state index >= 15 is 0 Å². The number of hydrogen-bond acceptors (Lipinski definition) is 6. The Morgan fingerprint density at radius 2 is 2.20 bits per heavy atom. The lowest BCUT2D eigenvalue weighted by molar-refractivity contribution is -0.120. The van der Waals surface area contributed by atoms with Crippen LogP contribution in [0.3, 0.4) is 0 Å². The van der Waals surface area contributed by atoms with Crippen molar-refractivity contribution in [2.75, 3.05) is 5.73 Å². The van der Waals surface area contributed by atoms with E-state index in [1.807, 2.05) is 37.3 Å². The Bertz CT molecular complexity index is 918. The molecule has 0 spiro atoms. The monoisotopic (exact) mass is 374 g/mol. The molecule has 0 atom stereocenters. The molecule has 3 rings (SSSR count). The Hall–Kier alpha value is -2.71. The third kappa shape index (κ3) is 4.04. The number of halogens is 1. The lowest BCUT2D eigenvalue weighted by atomic mass is 10.3. The van der Waals surface area contributed by atoms with Crippen molar-refractivity contribution in [1.82, 2.24) is 20.2 Å². The summed E-state index contributed by atoms with van der Waals surface area (Å²) in [6, 6.07) is 9.53. The summed E-state index contributed by atoms with van der Waals surface area (Å²) in [6.07, 6.45) is 1.60. The number of nitrogens with zero attached hydrogens (tertiary/aromatic N) is 4. The average Bonchev–Trinajstić information content (AvgIpc) is 3.13. The van der Waals surface area contributed by atoms with Crippen molar-refractivity contribution in [3.05, 3.63) is 57.8 Å². The van der Waals surface area contributed by atoms with Crippen molar-refractivity contribution in [3.8, 4) is 5.69 Å². The van der Waals surface area contributed by atoms with Gasteiger partial charge in [-0.3, -0.25) is 4.79 Å². The fraction of sp³-hybridized carbons (Fsp3) is 0.125. The van der Waals surface area contributed by atoms with E-state index in [4.69, 9.17) is 17.3 Å². The summed E-state index contributed by atoms with van der Waals surface area (Å²) in [5.41, 5.74) is 10.8. The number of amides is 1. The Kier molecular flexibility index (Phi) is 5.11. The van der Waals surface area contributed by atoms with E-state index in [9.17, 15) is 4.79 Å². The molecule has 0 radical (unpaired) electrons. The van der Waals surface area contributed by atoms with Crippen molar-refractivity contribution < 1.29 is 4.79 Å². The van der Waals surface area contributed by atoms with E-state index in [1.54, 1.807) is 10.1 Å². The van der Waals surface area contributed by atoms with Crippen LogP contribution in [0.5, 0.6) is 0 Å². The second-order valence-corrected chi connectivity index (χ2v) is 6.43. The molecule has 0 aliphatic heterocycles. The maximum atomic E-state index is 11.9. The van der Waals surface area contributed by atoms with Crippen LogP contribution in [0, 0.1) is 6.92 Å². The molecule has 25 heavy (non-hydrogen) atoms. The minimum atomic E-state index is -0.286. The number of aromatic nitrogens is 3. The van der Waals surface area contributed by atoms with Crippen molar-refractivity contribution in [2.45, 2.75) is 13.3 Å². The summed E-state index contributed by atoms with van der Waals surface area (Å²) >= 11 is 7.68. The van der Waals surface area contributed by atoms with Crippen LogP contribution in [0.4, 0.5) is 5.13 Å². The molecule has 1 amide bonds. The molecule has 0 saturated heterocycles. The highest BCUT2D eigenvalue weighted by Crippen LogP contribution is 2.21. The van der Waals surface area contributed by atoms with Gasteiger partial charge in [-0.15, -0.1) is 11.3 Å². The third-order valence-corrected chi connectivity index (χ3v) is 4.43. The SMILES string of the molecule is Cc1nn(-c2ccccc2)c(Cl)c1/C=N/NC(=O)Cc1csc(N)n1. The number of nitrogens with one attached hydrogen (secondary N) is 1. The number of carbonyl (C=O) groups excluding carboxylic acids is 1. The van der Waals surface area contributed by atoms with Crippen LogP contribution in [0.2, 0.25) is 5.15 Å². The molecule has 3 N–H and O–H groups in total. The smallest absolute Gasteiger partial charge is 0.246 e. The molecule has 9 heteroatoms. The molecule has 0 unspecified atom stereocenters. The van der Waals surface area contributed by atoms with Crippen LogP contribution in [-0.2, 0) is 11.2 Å². The van der Waals surface area contributed by atoms with Crippen LogP contribution in [-0.4, -0.2) is 26.9 Å². The highest BCUT2D eigenvalue weighted by atomic mass is 35.5. The first kappa shape index (κ1) is 17.1. The summed E-state index contributed by atoms with van der Waals surface area (Å²) in [4.78, 5) is 15.9. The number of benzene rings is 1. The Morgan fingerprint density at radius 1 is 1.44 bits per heavy atom. The first-order valence-corrected chi connectivity index (χ1v) is 8.62. The van der Waals surface area contributed by atoms with E-state index in [0.29, 0.717) is 27.2 Å². The maximum absolute atomic E-state index is 11.9. The molecular weight excluding hydrogens is 360 g/mol. The van der Waals surface area contributed by atoms with E-state index in [2.05, 4.69) is 20.6 Å². The summed E-state index contributed by atoms with van der Waals surface area (Å²) in [6.45, 7) is 1.83. The van der Waals surface area contributed by atoms with Crippen LogP contribution in [0.1, 0.15) is 17.0 Å². The van der Waals surface area contributed by atoms with Crippen LogP contribution < -0.4 is 11.2 Å². The summed E-state index contributed by atoms with van der Waals surface area (Å²) in [5.74, 6) is -0.286. The van der Waals surface area contributed by atoms with Gasteiger partial charge in [0.25, 0.3) is 0 Å². The van der Waals surface area contributed by atoms with Crippen LogP contribution in [0.15, 0.2) is 40.8 Å². The number of thiazole rings is 1. The number of nitrogen functional groups attached to an aromatic ring is 1. The minimum absolute atomic E-state index is 0.112. The maximum Gasteiger partial charge on any atom is 0.246 e. The van der Waals surface area contributed by atoms with Gasteiger partial charge in [-0.1, -0.05) is 29.8 Å². The molecule has 0 bridgehead atoms. The number of hydrazone groups is 1. The van der Waals surface area contributed by atoms with Gasteiger partial charge in [-0.25, -0.2) is 15.1 Å². The molecule has 0 aliphatic rings. The number of hydrogen-bond donors (Lipinski definition) is 2. The van der Waals surface area contributed by atoms with E-state index in [0.717, 1.165) is 5.69 Å². The van der Waals surface area contributed by atoms with E-state index < -0.39 is 0 Å². The van der Waals surface area contributed by atoms with Gasteiger partial charge in [0, 0.05) is 5.38 Å². The largest absolute Gasteiger partial charge is 0.375 e. The predicted molar refractivity (Wildman–Crippen MR) is 99.3 cm³/mol. The molecule has 1 aromatic carbocycles. The van der Waals surface area contributed by atoms with Gasteiger partial charge in [0.1, 0.15) is 5.15 Å². The zero-order valence-corrected chi connectivity index (χ0v) is 14.9. The van der Waals surface area contributed by atoms with Crippen molar-refractivity contribution >= 4 is 40.2 Å². The molecule has 2 aromatic heterocycles. The zero-order valence-electron chi connectivity index (χ0n) is 13.3. The average molecular weight is 375 g/mol. The normalized spacial score (nSPS) is 11.1. The molecule has 0 saturated carbocycles. The van der Waals surface area contributed by atoms with Gasteiger partial charge in [0.2, 0.25) is 5.91 Å². The summed E-state index contributed by atoms with van der Waals surface area (Å²) in [7, 11) is 0. The molecule has 0 fully saturated rings. The van der Waals surface area contributed by atoms with Gasteiger partial charge in [0.05, 0.1) is 35.3 Å². The van der Waals surface area contributed by atoms with Crippen LogP contribution >= 0.6 is 22.9 Å². The van der Waals surface area contributed by atoms with Crippen LogP contribution in [0.25, 0.3) is 5.69 Å². The van der Waals surface area contributed by atoms with Gasteiger partial charge < -0.3 is 5.73 Å². The topological polar surface area (TPSA) is 98.2 Å². The van der Waals surface area contributed by atoms with Gasteiger partial charge in [0.15, 0.2) is 5.13 Å². The fourth-order valence-corrected chi connectivity index (χ4v) is 3.06. The summed E-state index contributed by atoms with van der Waals surface area (Å²) in [5, 5.41) is 11.0. The summed E-state index contributed by atoms with van der Waals surface area (Å²) < 4.78 is 1.62. The Labute approximate surface area is 153 Å². The lowest BCUT2D eigenvalue weighted by Crippen LogP contribution is -2.20. The number of para-hydroxylation sites is 1. The molecule has 7 nitrogen and oxygen atoms in total. The predicted octanol–water partition coefficient (Wildman–Crippen LogP) is 2.57. The minimum Gasteiger partial charge on any atom is -0.375 e. The van der Waals surface area contributed by atoms with Gasteiger partial charge in [-0.2, -0.15) is 10.2 Å². The number of nitrogens with two attached hydrogens (primary N) is 1. The first-order chi connectivity index (χ1) is 12.0. The molecule has 0 aliphatic carbocycles. The van der Waals surface area contributed by atoms with E-state index in [1.165, 1.54) is 17.6 Å². The molecule has 3 aromatic rings. The second kappa shape index (κ2) is 7.45. The quantitative estimate of drug-likeness (QED) is 0.529. The molecular formula is C16H15ClN6OS. The zero-order chi connectivity index (χ0) is 17.8. The number of carbonyl (C=O) groups is 1. The first-order valence-electron chi connectivity index (χ1n) is 7.37. The third-order valence-electron chi connectivity index (χ3n) is 3.34. The second-order valence-electron chi connectivity index (χ2n) is 5.18. The molecule has 128 valence electrons. The van der Waals surface area contributed by atoms with E-state index in [-0.39, 0.29) is 12.3 Å². The standard InChI is InChI=1S/C16H15ClN6OS/c1-10-13(15(17)23(22-10)12-5-3-2-4-6-12)8-19-21-14(24)7-11-9-25-16(18)20-11/h2-6,8-9H,7H2,1H3,(H2,18,20)(H,21,24)/b19-8+. The highest BCUT2D eigenvalue weighted by Gasteiger charge is 2.13. The number of aryl methyl sites for hydroxylation is 1. The number of anilines is 1. The highest BCUT2D eigenvalue weighted by molar-refractivity contribution is 7.13. The lowest BCUT2D eigenvalue weighted by Gasteiger charge is -2.01. The van der Waals surface area contributed by atoms with Crippen molar-refractivity contribution in [1.29, 1.82) is 0 Å². The fourth-order valence-electron chi connectivity index (χ4n) is 2.17. The van der Waals surface area contributed by atoms with Crippen molar-refractivity contribution in [2.24, 2.45) is 5.10 Å².